The predicted molar refractivity (Wildman–Crippen MR) is 90.3 cm³/mol. The quantitative estimate of drug-likeness (QED) is 0.755. The SMILES string of the molecule is Cc1ccc2[nH]c(C(=O)NCCc3ccccc3)c(C)c2c1. The van der Waals surface area contributed by atoms with Crippen LogP contribution in [-0.2, 0) is 6.42 Å². The summed E-state index contributed by atoms with van der Waals surface area (Å²) in [6, 6.07) is 16.4. The zero-order chi connectivity index (χ0) is 15.5. The number of carbonyl (C=O) groups excluding carboxylic acids is 1. The van der Waals surface area contributed by atoms with Crippen LogP contribution >= 0.6 is 0 Å². The van der Waals surface area contributed by atoms with Crippen LogP contribution in [0.15, 0.2) is 48.5 Å². The number of aromatic nitrogens is 1. The van der Waals surface area contributed by atoms with E-state index >= 15 is 0 Å². The van der Waals surface area contributed by atoms with Gasteiger partial charge >= 0.3 is 0 Å². The van der Waals surface area contributed by atoms with Crippen LogP contribution in [0.2, 0.25) is 0 Å². The molecule has 0 saturated heterocycles. The van der Waals surface area contributed by atoms with Crippen LogP contribution in [0, 0.1) is 13.8 Å². The van der Waals surface area contributed by atoms with Crippen LogP contribution < -0.4 is 5.32 Å². The van der Waals surface area contributed by atoms with E-state index in [0.29, 0.717) is 12.2 Å². The first-order valence-electron chi connectivity index (χ1n) is 7.56. The first-order valence-corrected chi connectivity index (χ1v) is 7.56. The van der Waals surface area contributed by atoms with Gasteiger partial charge in [-0.05, 0) is 43.5 Å². The molecule has 0 saturated carbocycles. The molecular weight excluding hydrogens is 272 g/mol. The second kappa shape index (κ2) is 6.06. The Balaban J connectivity index is 1.71. The third kappa shape index (κ3) is 2.89. The molecule has 0 radical (unpaired) electrons. The lowest BCUT2D eigenvalue weighted by atomic mass is 10.1. The van der Waals surface area contributed by atoms with Crippen LogP contribution in [0.1, 0.15) is 27.2 Å². The number of amides is 1. The average molecular weight is 292 g/mol. The molecule has 0 aliphatic rings. The van der Waals surface area contributed by atoms with Crippen LogP contribution in [-0.4, -0.2) is 17.4 Å². The van der Waals surface area contributed by atoms with E-state index in [2.05, 4.69) is 41.5 Å². The molecule has 22 heavy (non-hydrogen) atoms. The third-order valence-electron chi connectivity index (χ3n) is 3.98. The first kappa shape index (κ1) is 14.4. The molecule has 1 heterocycles. The van der Waals surface area contributed by atoms with E-state index in [4.69, 9.17) is 0 Å². The van der Waals surface area contributed by atoms with E-state index in [-0.39, 0.29) is 5.91 Å². The molecule has 112 valence electrons. The van der Waals surface area contributed by atoms with Crippen molar-refractivity contribution in [1.29, 1.82) is 0 Å². The van der Waals surface area contributed by atoms with E-state index in [1.54, 1.807) is 0 Å². The van der Waals surface area contributed by atoms with Crippen molar-refractivity contribution in [2.75, 3.05) is 6.54 Å². The summed E-state index contributed by atoms with van der Waals surface area (Å²) in [6.07, 6.45) is 0.838. The fraction of sp³-hybridized carbons (Fsp3) is 0.211. The Morgan fingerprint density at radius 1 is 1.09 bits per heavy atom. The third-order valence-corrected chi connectivity index (χ3v) is 3.98. The van der Waals surface area contributed by atoms with E-state index in [1.807, 2.05) is 31.2 Å². The van der Waals surface area contributed by atoms with E-state index in [0.717, 1.165) is 22.9 Å². The highest BCUT2D eigenvalue weighted by Crippen LogP contribution is 2.22. The summed E-state index contributed by atoms with van der Waals surface area (Å²) in [5.41, 5.74) is 5.11. The van der Waals surface area contributed by atoms with Crippen molar-refractivity contribution < 1.29 is 4.79 Å². The van der Waals surface area contributed by atoms with E-state index in [9.17, 15) is 4.79 Å². The molecule has 3 nitrogen and oxygen atoms in total. The van der Waals surface area contributed by atoms with Gasteiger partial charge in [0.25, 0.3) is 5.91 Å². The smallest absolute Gasteiger partial charge is 0.268 e. The Morgan fingerprint density at radius 2 is 1.86 bits per heavy atom. The Hall–Kier alpha value is -2.55. The molecule has 0 unspecified atom stereocenters. The van der Waals surface area contributed by atoms with Gasteiger partial charge < -0.3 is 10.3 Å². The Bertz CT molecular complexity index is 803. The summed E-state index contributed by atoms with van der Waals surface area (Å²) in [6.45, 7) is 4.69. The Morgan fingerprint density at radius 3 is 2.64 bits per heavy atom. The van der Waals surface area contributed by atoms with Crippen molar-refractivity contribution in [2.24, 2.45) is 0 Å². The molecule has 2 N–H and O–H groups in total. The summed E-state index contributed by atoms with van der Waals surface area (Å²) in [5.74, 6) is -0.0396. The largest absolute Gasteiger partial charge is 0.350 e. The monoisotopic (exact) mass is 292 g/mol. The van der Waals surface area contributed by atoms with Gasteiger partial charge in [-0.15, -0.1) is 0 Å². The van der Waals surface area contributed by atoms with Gasteiger partial charge in [0.15, 0.2) is 0 Å². The zero-order valence-corrected chi connectivity index (χ0v) is 12.9. The number of hydrogen-bond acceptors (Lipinski definition) is 1. The van der Waals surface area contributed by atoms with Crippen molar-refractivity contribution in [3.63, 3.8) is 0 Å². The highest BCUT2D eigenvalue weighted by atomic mass is 16.1. The molecule has 0 fully saturated rings. The standard InChI is InChI=1S/C19H20N2O/c1-13-8-9-17-16(12-13)14(2)18(21-17)19(22)20-11-10-15-6-4-3-5-7-15/h3-9,12,21H,10-11H2,1-2H3,(H,20,22). The van der Waals surface area contributed by atoms with Gasteiger partial charge in [0.05, 0.1) is 0 Å². The molecule has 0 atom stereocenters. The number of aromatic amines is 1. The lowest BCUT2D eigenvalue weighted by Gasteiger charge is -2.05. The number of H-pyrrole nitrogens is 1. The molecular formula is C19H20N2O. The number of nitrogens with one attached hydrogen (secondary N) is 2. The molecule has 1 amide bonds. The second-order valence-electron chi connectivity index (χ2n) is 5.67. The molecule has 1 aromatic heterocycles. The minimum Gasteiger partial charge on any atom is -0.350 e. The Kier molecular flexibility index (Phi) is 3.96. The van der Waals surface area contributed by atoms with Gasteiger partial charge in [-0.1, -0.05) is 42.0 Å². The number of benzene rings is 2. The van der Waals surface area contributed by atoms with Gasteiger partial charge in [-0.2, -0.15) is 0 Å². The molecule has 3 rings (SSSR count). The maximum atomic E-state index is 12.4. The van der Waals surface area contributed by atoms with Gasteiger partial charge in [0.2, 0.25) is 0 Å². The van der Waals surface area contributed by atoms with Crippen molar-refractivity contribution in [1.82, 2.24) is 10.3 Å². The minimum absolute atomic E-state index is 0.0396. The number of fused-ring (bicyclic) bond motifs is 1. The van der Waals surface area contributed by atoms with E-state index < -0.39 is 0 Å². The molecule has 0 aliphatic carbocycles. The fourth-order valence-electron chi connectivity index (χ4n) is 2.72. The normalized spacial score (nSPS) is 10.8. The molecule has 2 aromatic carbocycles. The van der Waals surface area contributed by atoms with Crippen molar-refractivity contribution in [2.45, 2.75) is 20.3 Å². The van der Waals surface area contributed by atoms with Gasteiger partial charge in [-0.3, -0.25) is 4.79 Å². The van der Waals surface area contributed by atoms with Crippen LogP contribution in [0.5, 0.6) is 0 Å². The van der Waals surface area contributed by atoms with Crippen molar-refractivity contribution in [3.8, 4) is 0 Å². The van der Waals surface area contributed by atoms with Crippen LogP contribution in [0.4, 0.5) is 0 Å². The molecule has 0 aliphatic heterocycles. The molecule has 3 heteroatoms. The first-order chi connectivity index (χ1) is 10.6. The average Bonchev–Trinajstić information content (AvgIpc) is 2.85. The number of aryl methyl sites for hydroxylation is 2. The highest BCUT2D eigenvalue weighted by Gasteiger charge is 2.14. The van der Waals surface area contributed by atoms with Crippen molar-refractivity contribution in [3.05, 3.63) is 70.9 Å². The zero-order valence-electron chi connectivity index (χ0n) is 12.9. The molecule has 0 spiro atoms. The maximum absolute atomic E-state index is 12.4. The second-order valence-corrected chi connectivity index (χ2v) is 5.67. The number of rotatable bonds is 4. The Labute approximate surface area is 130 Å². The lowest BCUT2D eigenvalue weighted by Crippen LogP contribution is -2.26. The van der Waals surface area contributed by atoms with Crippen molar-refractivity contribution >= 4 is 16.8 Å². The summed E-state index contributed by atoms with van der Waals surface area (Å²) in [4.78, 5) is 15.6. The number of carbonyl (C=O) groups is 1. The van der Waals surface area contributed by atoms with Gasteiger partial charge in [-0.25, -0.2) is 0 Å². The maximum Gasteiger partial charge on any atom is 0.268 e. The summed E-state index contributed by atoms with van der Waals surface area (Å²) in [5, 5.41) is 4.11. The summed E-state index contributed by atoms with van der Waals surface area (Å²) >= 11 is 0. The molecule has 0 bridgehead atoms. The number of hydrogen-bond donors (Lipinski definition) is 2. The topological polar surface area (TPSA) is 44.9 Å². The van der Waals surface area contributed by atoms with Gasteiger partial charge in [0.1, 0.15) is 5.69 Å². The van der Waals surface area contributed by atoms with Crippen LogP contribution in [0.25, 0.3) is 10.9 Å². The minimum atomic E-state index is -0.0396. The fourth-order valence-corrected chi connectivity index (χ4v) is 2.72. The highest BCUT2D eigenvalue weighted by molar-refractivity contribution is 6.01. The van der Waals surface area contributed by atoms with Gasteiger partial charge in [0, 0.05) is 17.4 Å². The summed E-state index contributed by atoms with van der Waals surface area (Å²) < 4.78 is 0. The molecule has 3 aromatic rings. The summed E-state index contributed by atoms with van der Waals surface area (Å²) in [7, 11) is 0. The van der Waals surface area contributed by atoms with Crippen LogP contribution in [0.3, 0.4) is 0 Å². The predicted octanol–water partition coefficient (Wildman–Crippen LogP) is 3.76. The lowest BCUT2D eigenvalue weighted by molar-refractivity contribution is 0.0949. The van der Waals surface area contributed by atoms with E-state index in [1.165, 1.54) is 11.1 Å².